The predicted octanol–water partition coefficient (Wildman–Crippen LogP) is 14.2. The van der Waals surface area contributed by atoms with Gasteiger partial charge in [-0.3, -0.25) is 0 Å². The summed E-state index contributed by atoms with van der Waals surface area (Å²) in [6, 6.07) is 59.0. The van der Waals surface area contributed by atoms with E-state index in [9.17, 15) is 0 Å². The Morgan fingerprint density at radius 3 is 1.74 bits per heavy atom. The van der Waals surface area contributed by atoms with E-state index >= 15 is 0 Å². The van der Waals surface area contributed by atoms with Crippen molar-refractivity contribution in [1.29, 1.82) is 0 Å². The van der Waals surface area contributed by atoms with Gasteiger partial charge in [0.1, 0.15) is 0 Å². The van der Waals surface area contributed by atoms with Gasteiger partial charge in [-0.1, -0.05) is 125 Å². The summed E-state index contributed by atoms with van der Waals surface area (Å²) in [6.07, 6.45) is 2.38. The zero-order valence-electron chi connectivity index (χ0n) is 31.3. The first kappa shape index (κ1) is 31.4. The van der Waals surface area contributed by atoms with Crippen molar-refractivity contribution < 1.29 is 0 Å². The number of hydrogen-bond donors (Lipinski definition) is 0. The second-order valence-corrected chi connectivity index (χ2v) is 16.9. The highest BCUT2D eigenvalue weighted by Crippen LogP contribution is 2.49. The van der Waals surface area contributed by atoms with E-state index in [-0.39, 0.29) is 10.8 Å². The molecule has 2 nitrogen and oxygen atoms in total. The number of rotatable bonds is 3. The Kier molecular flexibility index (Phi) is 6.51. The van der Waals surface area contributed by atoms with Gasteiger partial charge in [0.15, 0.2) is 0 Å². The molecule has 260 valence electrons. The number of hydrogen-bond acceptors (Lipinski definition) is 0. The standard InChI is InChI=1S/C52H42N2/c1-51(2)25-26-52(3,4)45-32-49-41(29-44(45)51)42-30-48-43(31-47(42)53(49)38-16-9-6-10-17-38)50-40-18-12-11-15-34(40)22-24-46(50)54(48)39-23-21-36-27-35(19-20-37(36)28-39)33-13-7-5-8-14-33/h5-24,27-32H,25-26H2,1-4H3. The first-order valence-corrected chi connectivity index (χ1v) is 19.4. The molecule has 0 spiro atoms. The minimum Gasteiger partial charge on any atom is -0.309 e. The van der Waals surface area contributed by atoms with Gasteiger partial charge in [0.05, 0.1) is 22.1 Å². The Morgan fingerprint density at radius 2 is 0.944 bits per heavy atom. The molecule has 0 fully saturated rings. The molecule has 10 aromatic rings. The highest BCUT2D eigenvalue weighted by atomic mass is 15.0. The average Bonchev–Trinajstić information content (AvgIpc) is 3.70. The summed E-state index contributed by atoms with van der Waals surface area (Å²) in [6.45, 7) is 9.74. The van der Waals surface area contributed by atoms with Crippen molar-refractivity contribution in [3.8, 4) is 22.5 Å². The number of aromatic nitrogens is 2. The molecule has 2 heterocycles. The topological polar surface area (TPSA) is 9.86 Å². The fourth-order valence-corrected chi connectivity index (χ4v) is 9.67. The molecule has 0 amide bonds. The van der Waals surface area contributed by atoms with Crippen LogP contribution in [0.25, 0.3) is 87.7 Å². The van der Waals surface area contributed by atoms with Crippen LogP contribution >= 0.6 is 0 Å². The molecule has 0 saturated carbocycles. The van der Waals surface area contributed by atoms with E-state index in [1.807, 2.05) is 0 Å². The Bertz CT molecular complexity index is 3140. The van der Waals surface area contributed by atoms with Crippen molar-refractivity contribution in [3.63, 3.8) is 0 Å². The summed E-state index contributed by atoms with van der Waals surface area (Å²) in [5.41, 5.74) is 13.1. The Morgan fingerprint density at radius 1 is 0.370 bits per heavy atom. The van der Waals surface area contributed by atoms with Crippen molar-refractivity contribution in [2.45, 2.75) is 51.4 Å². The van der Waals surface area contributed by atoms with Gasteiger partial charge in [-0.2, -0.15) is 0 Å². The third kappa shape index (κ3) is 4.53. The van der Waals surface area contributed by atoms with E-state index in [0.717, 1.165) is 0 Å². The molecule has 8 aromatic carbocycles. The molecule has 1 aliphatic rings. The van der Waals surface area contributed by atoms with E-state index < -0.39 is 0 Å². The molecule has 11 rings (SSSR count). The maximum Gasteiger partial charge on any atom is 0.0549 e. The molecule has 0 radical (unpaired) electrons. The maximum atomic E-state index is 2.56. The lowest BCUT2D eigenvalue weighted by Gasteiger charge is -2.42. The molecule has 54 heavy (non-hydrogen) atoms. The highest BCUT2D eigenvalue weighted by molar-refractivity contribution is 6.25. The average molecular weight is 695 g/mol. The van der Waals surface area contributed by atoms with Gasteiger partial charge in [-0.15, -0.1) is 0 Å². The van der Waals surface area contributed by atoms with Crippen molar-refractivity contribution in [1.82, 2.24) is 9.13 Å². The minimum absolute atomic E-state index is 0.115. The Labute approximate surface area is 315 Å². The van der Waals surface area contributed by atoms with Crippen LogP contribution in [0.15, 0.2) is 158 Å². The number of para-hydroxylation sites is 1. The van der Waals surface area contributed by atoms with E-state index in [2.05, 4.69) is 195 Å². The number of fused-ring (bicyclic) bond motifs is 10. The van der Waals surface area contributed by atoms with Crippen LogP contribution in [0.5, 0.6) is 0 Å². The third-order valence-corrected chi connectivity index (χ3v) is 12.7. The highest BCUT2D eigenvalue weighted by Gasteiger charge is 2.38. The van der Waals surface area contributed by atoms with E-state index in [0.29, 0.717) is 0 Å². The normalized spacial score (nSPS) is 15.2. The zero-order chi connectivity index (χ0) is 36.3. The van der Waals surface area contributed by atoms with E-state index in [4.69, 9.17) is 0 Å². The zero-order valence-corrected chi connectivity index (χ0v) is 31.3. The molecule has 0 saturated heterocycles. The molecule has 0 bridgehead atoms. The van der Waals surface area contributed by atoms with Gasteiger partial charge in [-0.25, -0.2) is 0 Å². The van der Waals surface area contributed by atoms with E-state index in [1.54, 1.807) is 0 Å². The Balaban J connectivity index is 1.26. The number of nitrogens with zero attached hydrogens (tertiary/aromatic N) is 2. The predicted molar refractivity (Wildman–Crippen MR) is 231 cm³/mol. The second kappa shape index (κ2) is 11.2. The van der Waals surface area contributed by atoms with Crippen LogP contribution in [-0.2, 0) is 10.8 Å². The summed E-state index contributed by atoms with van der Waals surface area (Å²) in [5.74, 6) is 0. The van der Waals surface area contributed by atoms with Crippen LogP contribution in [0.2, 0.25) is 0 Å². The van der Waals surface area contributed by atoms with Crippen molar-refractivity contribution in [3.05, 3.63) is 169 Å². The first-order chi connectivity index (χ1) is 26.2. The Hall–Kier alpha value is -6.12. The summed E-state index contributed by atoms with van der Waals surface area (Å²) in [4.78, 5) is 0. The summed E-state index contributed by atoms with van der Waals surface area (Å²) >= 11 is 0. The molecule has 0 unspecified atom stereocenters. The summed E-state index contributed by atoms with van der Waals surface area (Å²) in [7, 11) is 0. The number of benzene rings is 8. The van der Waals surface area contributed by atoms with Gasteiger partial charge in [0.25, 0.3) is 0 Å². The van der Waals surface area contributed by atoms with Crippen molar-refractivity contribution in [2.24, 2.45) is 0 Å². The van der Waals surface area contributed by atoms with Crippen LogP contribution in [0.1, 0.15) is 51.7 Å². The molecule has 1 aliphatic carbocycles. The van der Waals surface area contributed by atoms with Gasteiger partial charge < -0.3 is 9.13 Å². The van der Waals surface area contributed by atoms with Crippen molar-refractivity contribution >= 4 is 65.2 Å². The molecular formula is C52H42N2. The van der Waals surface area contributed by atoms with E-state index in [1.165, 1.54) is 112 Å². The molecule has 2 heteroatoms. The van der Waals surface area contributed by atoms with Gasteiger partial charge in [0.2, 0.25) is 0 Å². The van der Waals surface area contributed by atoms with Crippen LogP contribution in [0, 0.1) is 0 Å². The fourth-order valence-electron chi connectivity index (χ4n) is 9.67. The lowest BCUT2D eigenvalue weighted by atomic mass is 9.63. The molecule has 0 atom stereocenters. The quantitative estimate of drug-likeness (QED) is 0.174. The largest absolute Gasteiger partial charge is 0.309 e. The maximum absolute atomic E-state index is 2.56. The smallest absolute Gasteiger partial charge is 0.0549 e. The van der Waals surface area contributed by atoms with Crippen LogP contribution in [-0.4, -0.2) is 9.13 Å². The first-order valence-electron chi connectivity index (χ1n) is 19.4. The summed E-state index contributed by atoms with van der Waals surface area (Å²) in [5, 5.41) is 10.2. The third-order valence-electron chi connectivity index (χ3n) is 12.7. The summed E-state index contributed by atoms with van der Waals surface area (Å²) < 4.78 is 5.04. The van der Waals surface area contributed by atoms with Crippen LogP contribution in [0.3, 0.4) is 0 Å². The molecule has 2 aromatic heterocycles. The van der Waals surface area contributed by atoms with Crippen LogP contribution < -0.4 is 0 Å². The second-order valence-electron chi connectivity index (χ2n) is 16.9. The SMILES string of the molecule is CC1(C)CCC(C)(C)c2cc3c(cc21)c1cc2c(cc1n3-c1ccccc1)c1c3ccccc3ccc1n2-c1ccc2cc(-c3ccccc3)ccc2c1. The van der Waals surface area contributed by atoms with Gasteiger partial charge in [-0.05, 0) is 128 Å². The fraction of sp³-hybridized carbons (Fsp3) is 0.154. The molecule has 0 N–H and O–H groups in total. The lowest BCUT2D eigenvalue weighted by Crippen LogP contribution is -2.33. The van der Waals surface area contributed by atoms with Crippen molar-refractivity contribution in [2.75, 3.05) is 0 Å². The molecule has 0 aliphatic heterocycles. The minimum atomic E-state index is 0.115. The van der Waals surface area contributed by atoms with Crippen LogP contribution in [0.4, 0.5) is 0 Å². The molecular weight excluding hydrogens is 653 g/mol. The monoisotopic (exact) mass is 694 g/mol. The van der Waals surface area contributed by atoms with Gasteiger partial charge in [0, 0.05) is 32.9 Å². The lowest BCUT2D eigenvalue weighted by molar-refractivity contribution is 0.332. The van der Waals surface area contributed by atoms with Gasteiger partial charge >= 0.3 is 0 Å².